The number of nitrogens with one attached hydrogen (secondary N) is 2. The summed E-state index contributed by atoms with van der Waals surface area (Å²) in [5.74, 6) is -2.02. The molecule has 0 unspecified atom stereocenters. The number of carboxylic acid groups (broad SMARTS) is 1. The van der Waals surface area contributed by atoms with Crippen LogP contribution in [-0.2, 0) is 32.4 Å². The summed E-state index contributed by atoms with van der Waals surface area (Å²) in [6.45, 7) is 0.360. The van der Waals surface area contributed by atoms with E-state index in [4.69, 9.17) is 10.6 Å². The number of carbonyl (C=O) groups is 3. The van der Waals surface area contributed by atoms with Crippen molar-refractivity contribution in [2.75, 3.05) is 11.5 Å². The third-order valence-corrected chi connectivity index (χ3v) is 7.61. The number of thiazole rings is 1. The zero-order valence-corrected chi connectivity index (χ0v) is 20.7. The number of nitrogens with zero attached hydrogens (tertiary/aromatic N) is 5. The number of aromatic nitrogens is 4. The van der Waals surface area contributed by atoms with Crippen LogP contribution < -0.4 is 15.6 Å². The molecule has 2 aliphatic heterocycles. The second kappa shape index (κ2) is 10.4. The van der Waals surface area contributed by atoms with Crippen LogP contribution >= 0.6 is 23.1 Å². The van der Waals surface area contributed by atoms with Gasteiger partial charge in [0, 0.05) is 28.8 Å². The van der Waals surface area contributed by atoms with Gasteiger partial charge in [-0.1, -0.05) is 11.2 Å². The number of amides is 2. The first-order valence-corrected chi connectivity index (χ1v) is 12.9. The standard InChI is InChI=1S/C22H20N8O5S2/c23-22-26-14(10-37-22)15(28-35-8-13-6-24-11-25-13)18(31)27-16-19(32)30-17(21(33)34)12(9-36-20(16)30)7-29-4-2-1-3-5-29/h1-6,10-11,16,20H,7-9H2,(H4-,23,24,25,26,27,31,33,34)/p+1/b28-15-/t16-,20-/m1/s1. The van der Waals surface area contributed by atoms with E-state index in [-0.39, 0.29) is 28.8 Å². The van der Waals surface area contributed by atoms with Crippen LogP contribution in [-0.4, -0.2) is 65.6 Å². The minimum atomic E-state index is -1.19. The van der Waals surface area contributed by atoms with Gasteiger partial charge in [0.15, 0.2) is 36.4 Å². The molecule has 2 aliphatic rings. The van der Waals surface area contributed by atoms with Crippen LogP contribution in [0.15, 0.2) is 64.9 Å². The number of H-pyrrole nitrogens is 1. The van der Waals surface area contributed by atoms with E-state index in [1.54, 1.807) is 11.6 Å². The largest absolute Gasteiger partial charge is 0.477 e. The summed E-state index contributed by atoms with van der Waals surface area (Å²) < 4.78 is 1.84. The normalized spacial score (nSPS) is 19.3. The van der Waals surface area contributed by atoms with E-state index in [2.05, 4.69) is 25.4 Å². The van der Waals surface area contributed by atoms with E-state index in [1.807, 2.05) is 35.2 Å². The maximum Gasteiger partial charge on any atom is 0.352 e. The Balaban J connectivity index is 1.32. The van der Waals surface area contributed by atoms with Crippen molar-refractivity contribution in [1.29, 1.82) is 0 Å². The molecule has 0 aromatic carbocycles. The monoisotopic (exact) mass is 541 g/mol. The van der Waals surface area contributed by atoms with E-state index < -0.39 is 29.2 Å². The van der Waals surface area contributed by atoms with Crippen molar-refractivity contribution in [2.24, 2.45) is 5.16 Å². The summed E-state index contributed by atoms with van der Waals surface area (Å²) >= 11 is 2.51. The van der Waals surface area contributed by atoms with Crippen molar-refractivity contribution >= 4 is 51.7 Å². The number of hydrogen-bond acceptors (Lipinski definition) is 10. The molecule has 1 saturated heterocycles. The van der Waals surface area contributed by atoms with Crippen molar-refractivity contribution < 1.29 is 28.9 Å². The number of nitrogens with two attached hydrogens (primary N) is 1. The molecule has 5 heterocycles. The van der Waals surface area contributed by atoms with Gasteiger partial charge in [0.25, 0.3) is 11.8 Å². The molecule has 3 aromatic rings. The quantitative estimate of drug-likeness (QED) is 0.126. The molecule has 0 spiro atoms. The first kappa shape index (κ1) is 24.5. The van der Waals surface area contributed by atoms with E-state index in [0.717, 1.165) is 11.3 Å². The molecule has 5 rings (SSSR count). The minimum absolute atomic E-state index is 0.0278. The predicted octanol–water partition coefficient (Wildman–Crippen LogP) is 0.0956. The van der Waals surface area contributed by atoms with Gasteiger partial charge < -0.3 is 26.0 Å². The minimum Gasteiger partial charge on any atom is -0.477 e. The van der Waals surface area contributed by atoms with Crippen LogP contribution in [0.1, 0.15) is 11.4 Å². The second-order valence-corrected chi connectivity index (χ2v) is 10.0. The summed E-state index contributed by atoms with van der Waals surface area (Å²) in [5, 5.41) is 17.7. The Kier molecular flexibility index (Phi) is 6.87. The molecule has 13 nitrogen and oxygen atoms in total. The maximum atomic E-state index is 13.2. The van der Waals surface area contributed by atoms with Crippen molar-refractivity contribution in [3.63, 3.8) is 0 Å². The summed E-state index contributed by atoms with van der Waals surface area (Å²) in [6.07, 6.45) is 6.68. The SMILES string of the molecule is Nc1nc(/C(=N/OCc2cnc[nH]2)C(=O)N[C@@H]2C(=O)N3C(C(=O)O)=C(C[n+]4ccccc4)CS[C@H]23)cs1. The number of imidazole rings is 1. The third kappa shape index (κ3) is 5.03. The lowest BCUT2D eigenvalue weighted by Crippen LogP contribution is -2.71. The molecule has 3 aromatic heterocycles. The van der Waals surface area contributed by atoms with E-state index >= 15 is 0 Å². The zero-order valence-electron chi connectivity index (χ0n) is 19.1. The number of aromatic amines is 1. The van der Waals surface area contributed by atoms with Crippen LogP contribution in [0.5, 0.6) is 0 Å². The average Bonchev–Trinajstić information content (AvgIpc) is 3.57. The lowest BCUT2D eigenvalue weighted by Gasteiger charge is -2.49. The smallest absolute Gasteiger partial charge is 0.352 e. The fourth-order valence-electron chi connectivity index (χ4n) is 3.91. The topological polar surface area (TPSA) is 180 Å². The second-order valence-electron chi connectivity index (χ2n) is 8.03. The van der Waals surface area contributed by atoms with Crippen LogP contribution in [0.4, 0.5) is 5.13 Å². The number of rotatable bonds is 9. The number of oxime groups is 1. The highest BCUT2D eigenvalue weighted by atomic mass is 32.2. The van der Waals surface area contributed by atoms with Gasteiger partial charge >= 0.3 is 5.97 Å². The Bertz CT molecular complexity index is 1390. The molecule has 0 saturated carbocycles. The predicted molar refractivity (Wildman–Crippen MR) is 133 cm³/mol. The number of hydrogen-bond donors (Lipinski definition) is 4. The molecule has 2 amide bonds. The van der Waals surface area contributed by atoms with Gasteiger partial charge in [-0.3, -0.25) is 14.5 Å². The van der Waals surface area contributed by atoms with Gasteiger partial charge in [-0.05, 0) is 0 Å². The highest BCUT2D eigenvalue weighted by Gasteiger charge is 2.54. The van der Waals surface area contributed by atoms with Crippen molar-refractivity contribution in [2.45, 2.75) is 24.6 Å². The van der Waals surface area contributed by atoms with Gasteiger partial charge in [0.05, 0.1) is 18.2 Å². The molecule has 37 heavy (non-hydrogen) atoms. The summed E-state index contributed by atoms with van der Waals surface area (Å²) in [4.78, 5) is 55.7. The molecule has 1 fully saturated rings. The number of carbonyl (C=O) groups excluding carboxylic acids is 2. The first-order chi connectivity index (χ1) is 17.9. The number of thioether (sulfide) groups is 1. The number of anilines is 1. The molecule has 5 N–H and O–H groups in total. The number of nitrogen functional groups attached to an aromatic ring is 1. The molecule has 0 bridgehead atoms. The van der Waals surface area contributed by atoms with Gasteiger partial charge in [0.1, 0.15) is 22.8 Å². The molecule has 190 valence electrons. The number of β-lactam (4-membered cyclic amide) rings is 1. The highest BCUT2D eigenvalue weighted by Crippen LogP contribution is 2.40. The number of fused-ring (bicyclic) bond motifs is 1. The summed E-state index contributed by atoms with van der Waals surface area (Å²) in [6, 6.07) is 4.61. The lowest BCUT2D eigenvalue weighted by atomic mass is 10.0. The average molecular weight is 542 g/mol. The fraction of sp³-hybridized carbons (Fsp3) is 0.227. The first-order valence-electron chi connectivity index (χ1n) is 11.0. The molecule has 2 atom stereocenters. The van der Waals surface area contributed by atoms with Crippen molar-refractivity contribution in [3.05, 3.63) is 71.2 Å². The number of pyridine rings is 1. The van der Waals surface area contributed by atoms with Crippen LogP contribution in [0.25, 0.3) is 0 Å². The van der Waals surface area contributed by atoms with Crippen molar-refractivity contribution in [3.8, 4) is 0 Å². The molecular weight excluding hydrogens is 520 g/mol. The Morgan fingerprint density at radius 3 is 2.84 bits per heavy atom. The van der Waals surface area contributed by atoms with Crippen LogP contribution in [0, 0.1) is 0 Å². The Morgan fingerprint density at radius 1 is 1.35 bits per heavy atom. The molecule has 0 aliphatic carbocycles. The zero-order chi connectivity index (χ0) is 25.9. The van der Waals surface area contributed by atoms with Crippen LogP contribution in [0.2, 0.25) is 0 Å². The van der Waals surface area contributed by atoms with E-state index in [1.165, 1.54) is 23.0 Å². The highest BCUT2D eigenvalue weighted by molar-refractivity contribution is 8.00. The fourth-order valence-corrected chi connectivity index (χ4v) is 5.79. The van der Waals surface area contributed by atoms with Crippen molar-refractivity contribution in [1.82, 2.24) is 25.2 Å². The molecule has 0 radical (unpaired) electrons. The van der Waals surface area contributed by atoms with Gasteiger partial charge in [-0.25, -0.2) is 19.3 Å². The lowest BCUT2D eigenvalue weighted by molar-refractivity contribution is -0.689. The molecule has 15 heteroatoms. The Hall–Kier alpha value is -4.24. The van der Waals surface area contributed by atoms with E-state index in [0.29, 0.717) is 23.6 Å². The van der Waals surface area contributed by atoms with Gasteiger partial charge in [-0.2, -0.15) is 0 Å². The maximum absolute atomic E-state index is 13.2. The molecular formula is C22H21N8O5S2+. The summed E-state index contributed by atoms with van der Waals surface area (Å²) in [7, 11) is 0. The summed E-state index contributed by atoms with van der Waals surface area (Å²) in [5.41, 5.74) is 6.95. The van der Waals surface area contributed by atoms with Crippen LogP contribution in [0.3, 0.4) is 0 Å². The third-order valence-electron chi connectivity index (χ3n) is 5.60. The number of carboxylic acids is 1. The van der Waals surface area contributed by atoms with E-state index in [9.17, 15) is 19.5 Å². The Labute approximate surface area is 218 Å². The number of aliphatic carboxylic acids is 1. The van der Waals surface area contributed by atoms with Gasteiger partial charge in [-0.15, -0.1) is 23.1 Å². The Morgan fingerprint density at radius 2 is 2.16 bits per heavy atom. The van der Waals surface area contributed by atoms with Gasteiger partial charge in [0.2, 0.25) is 0 Å².